The van der Waals surface area contributed by atoms with Crippen molar-refractivity contribution in [2.75, 3.05) is 33.3 Å². The standard InChI is InChI=1S/C20H23ClN2O5S/c1-5-28-19(24)14-7-6-13(10-15(14)21)23-20(29)22-11-12-8-16(25-2)18(27-4)17(9-12)26-3/h6-10H,5,11H2,1-4H3,(H2,22,23,29). The number of anilines is 1. The van der Waals surface area contributed by atoms with Gasteiger partial charge in [-0.25, -0.2) is 4.79 Å². The fourth-order valence-electron chi connectivity index (χ4n) is 2.56. The third kappa shape index (κ3) is 5.88. The predicted octanol–water partition coefficient (Wildman–Crippen LogP) is 4.03. The Morgan fingerprint density at radius 1 is 1.07 bits per heavy atom. The van der Waals surface area contributed by atoms with E-state index in [0.29, 0.717) is 40.2 Å². The number of hydrogen-bond donors (Lipinski definition) is 2. The number of hydrogen-bond acceptors (Lipinski definition) is 6. The van der Waals surface area contributed by atoms with E-state index in [2.05, 4.69) is 10.6 Å². The fourth-order valence-corrected chi connectivity index (χ4v) is 3.01. The first-order chi connectivity index (χ1) is 13.9. The van der Waals surface area contributed by atoms with Crippen molar-refractivity contribution in [3.63, 3.8) is 0 Å². The summed E-state index contributed by atoms with van der Waals surface area (Å²) in [4.78, 5) is 11.8. The maximum atomic E-state index is 11.8. The zero-order chi connectivity index (χ0) is 21.4. The van der Waals surface area contributed by atoms with E-state index in [1.165, 1.54) is 0 Å². The first-order valence-corrected chi connectivity index (χ1v) is 9.52. The average Bonchev–Trinajstić information content (AvgIpc) is 2.71. The molecule has 0 bridgehead atoms. The van der Waals surface area contributed by atoms with Crippen LogP contribution in [0.15, 0.2) is 30.3 Å². The minimum atomic E-state index is -0.466. The van der Waals surface area contributed by atoms with Crippen molar-refractivity contribution in [2.45, 2.75) is 13.5 Å². The number of rotatable bonds is 8. The van der Waals surface area contributed by atoms with Gasteiger partial charge in [0.25, 0.3) is 0 Å². The van der Waals surface area contributed by atoms with Gasteiger partial charge in [-0.3, -0.25) is 0 Å². The summed E-state index contributed by atoms with van der Waals surface area (Å²) >= 11 is 11.5. The normalized spacial score (nSPS) is 10.1. The van der Waals surface area contributed by atoms with Crippen molar-refractivity contribution in [3.05, 3.63) is 46.5 Å². The quantitative estimate of drug-likeness (QED) is 0.472. The van der Waals surface area contributed by atoms with E-state index in [9.17, 15) is 4.79 Å². The number of thiocarbonyl (C=S) groups is 1. The van der Waals surface area contributed by atoms with Crippen molar-refractivity contribution >= 4 is 40.6 Å². The van der Waals surface area contributed by atoms with E-state index in [0.717, 1.165) is 5.56 Å². The van der Waals surface area contributed by atoms with Crippen LogP contribution in [0.3, 0.4) is 0 Å². The van der Waals surface area contributed by atoms with Crippen LogP contribution in [-0.4, -0.2) is 39.0 Å². The maximum absolute atomic E-state index is 11.8. The minimum Gasteiger partial charge on any atom is -0.493 e. The Morgan fingerprint density at radius 3 is 2.24 bits per heavy atom. The lowest BCUT2D eigenvalue weighted by Crippen LogP contribution is -2.28. The summed E-state index contributed by atoms with van der Waals surface area (Å²) < 4.78 is 21.0. The topological polar surface area (TPSA) is 78.1 Å². The third-order valence-electron chi connectivity index (χ3n) is 3.90. The predicted molar refractivity (Wildman–Crippen MR) is 117 cm³/mol. The van der Waals surface area contributed by atoms with E-state index in [4.69, 9.17) is 42.8 Å². The van der Waals surface area contributed by atoms with Crippen LogP contribution < -0.4 is 24.8 Å². The molecule has 0 radical (unpaired) electrons. The molecule has 0 unspecified atom stereocenters. The molecule has 2 aromatic carbocycles. The van der Waals surface area contributed by atoms with Crippen molar-refractivity contribution < 1.29 is 23.7 Å². The zero-order valence-corrected chi connectivity index (χ0v) is 18.2. The van der Waals surface area contributed by atoms with Crippen LogP contribution >= 0.6 is 23.8 Å². The van der Waals surface area contributed by atoms with Crippen molar-refractivity contribution in [2.24, 2.45) is 0 Å². The molecule has 0 saturated carbocycles. The summed E-state index contributed by atoms with van der Waals surface area (Å²) in [5.74, 6) is 1.18. The molecule has 0 heterocycles. The highest BCUT2D eigenvalue weighted by Crippen LogP contribution is 2.38. The fraction of sp³-hybridized carbons (Fsp3) is 0.300. The molecular weight excluding hydrogens is 416 g/mol. The van der Waals surface area contributed by atoms with E-state index in [1.807, 2.05) is 12.1 Å². The summed E-state index contributed by atoms with van der Waals surface area (Å²) in [6.07, 6.45) is 0. The maximum Gasteiger partial charge on any atom is 0.339 e. The number of ether oxygens (including phenoxy) is 4. The molecule has 0 atom stereocenters. The van der Waals surface area contributed by atoms with Gasteiger partial charge < -0.3 is 29.6 Å². The van der Waals surface area contributed by atoms with Gasteiger partial charge in [0.15, 0.2) is 16.6 Å². The SMILES string of the molecule is CCOC(=O)c1ccc(NC(=S)NCc2cc(OC)c(OC)c(OC)c2)cc1Cl. The molecule has 0 saturated heterocycles. The Kier molecular flexibility index (Phi) is 8.35. The highest BCUT2D eigenvalue weighted by Gasteiger charge is 2.14. The molecule has 0 aliphatic heterocycles. The molecule has 9 heteroatoms. The lowest BCUT2D eigenvalue weighted by atomic mass is 10.2. The third-order valence-corrected chi connectivity index (χ3v) is 4.46. The second kappa shape index (κ2) is 10.7. The van der Waals surface area contributed by atoms with Gasteiger partial charge in [0, 0.05) is 12.2 Å². The van der Waals surface area contributed by atoms with Crippen LogP contribution in [0.2, 0.25) is 5.02 Å². The number of benzene rings is 2. The molecule has 0 aliphatic carbocycles. The summed E-state index contributed by atoms with van der Waals surface area (Å²) in [6, 6.07) is 8.57. The lowest BCUT2D eigenvalue weighted by molar-refractivity contribution is 0.0526. The number of halogens is 1. The van der Waals surface area contributed by atoms with Gasteiger partial charge in [0.1, 0.15) is 0 Å². The molecular formula is C20H23ClN2O5S. The summed E-state index contributed by atoms with van der Waals surface area (Å²) in [5, 5.41) is 6.79. The first-order valence-electron chi connectivity index (χ1n) is 8.73. The molecule has 2 rings (SSSR count). The minimum absolute atomic E-state index is 0.279. The van der Waals surface area contributed by atoms with Gasteiger partial charge in [-0.1, -0.05) is 11.6 Å². The lowest BCUT2D eigenvalue weighted by Gasteiger charge is -2.15. The number of nitrogens with one attached hydrogen (secondary N) is 2. The van der Waals surface area contributed by atoms with Crippen LogP contribution in [0.5, 0.6) is 17.2 Å². The largest absolute Gasteiger partial charge is 0.493 e. The molecule has 7 nitrogen and oxygen atoms in total. The summed E-state index contributed by atoms with van der Waals surface area (Å²) in [6.45, 7) is 2.45. The Balaban J connectivity index is 2.03. The van der Waals surface area contributed by atoms with Crippen LogP contribution in [0.25, 0.3) is 0 Å². The molecule has 0 amide bonds. The summed E-state index contributed by atoms with van der Waals surface area (Å²) in [5.41, 5.74) is 1.83. The second-order valence-corrected chi connectivity index (χ2v) is 6.57. The van der Waals surface area contributed by atoms with Gasteiger partial charge in [-0.15, -0.1) is 0 Å². The molecule has 0 aliphatic rings. The molecule has 2 N–H and O–H groups in total. The molecule has 0 aromatic heterocycles. The zero-order valence-electron chi connectivity index (χ0n) is 16.6. The highest BCUT2D eigenvalue weighted by molar-refractivity contribution is 7.80. The highest BCUT2D eigenvalue weighted by atomic mass is 35.5. The van der Waals surface area contributed by atoms with Crippen LogP contribution in [-0.2, 0) is 11.3 Å². The average molecular weight is 439 g/mol. The van der Waals surface area contributed by atoms with Crippen molar-refractivity contribution in [3.8, 4) is 17.2 Å². The van der Waals surface area contributed by atoms with Crippen molar-refractivity contribution in [1.29, 1.82) is 0 Å². The first kappa shape index (κ1) is 22.6. The van der Waals surface area contributed by atoms with E-state index >= 15 is 0 Å². The van der Waals surface area contributed by atoms with Gasteiger partial charge in [-0.2, -0.15) is 0 Å². The van der Waals surface area contributed by atoms with E-state index in [1.54, 1.807) is 46.5 Å². The molecule has 0 fully saturated rings. The van der Waals surface area contributed by atoms with Gasteiger partial charge in [0.05, 0.1) is 38.5 Å². The van der Waals surface area contributed by atoms with Crippen molar-refractivity contribution in [1.82, 2.24) is 5.32 Å². The van der Waals surface area contributed by atoms with Gasteiger partial charge >= 0.3 is 5.97 Å². The van der Waals surface area contributed by atoms with Crippen LogP contribution in [0, 0.1) is 0 Å². The van der Waals surface area contributed by atoms with E-state index in [-0.39, 0.29) is 11.6 Å². The summed E-state index contributed by atoms with van der Waals surface area (Å²) in [7, 11) is 4.67. The Hall–Kier alpha value is -2.71. The number of carbonyl (C=O) groups is 1. The molecule has 156 valence electrons. The molecule has 29 heavy (non-hydrogen) atoms. The Labute approximate surface area is 180 Å². The second-order valence-electron chi connectivity index (χ2n) is 5.76. The van der Waals surface area contributed by atoms with Crippen LogP contribution in [0.1, 0.15) is 22.8 Å². The smallest absolute Gasteiger partial charge is 0.339 e. The molecule has 2 aromatic rings. The van der Waals surface area contributed by atoms with Gasteiger partial charge in [-0.05, 0) is 55.0 Å². The van der Waals surface area contributed by atoms with E-state index < -0.39 is 5.97 Å². The Bertz CT molecular complexity index is 866. The number of esters is 1. The monoisotopic (exact) mass is 438 g/mol. The van der Waals surface area contributed by atoms with Crippen LogP contribution in [0.4, 0.5) is 5.69 Å². The Morgan fingerprint density at radius 2 is 1.72 bits per heavy atom. The number of carbonyl (C=O) groups excluding carboxylic acids is 1. The molecule has 0 spiro atoms. The number of methoxy groups -OCH3 is 3. The van der Waals surface area contributed by atoms with Gasteiger partial charge in [0.2, 0.25) is 5.75 Å².